The Balaban J connectivity index is 1.65. The van der Waals surface area contributed by atoms with Crippen LogP contribution in [0, 0.1) is 6.92 Å². The van der Waals surface area contributed by atoms with E-state index in [-0.39, 0.29) is 18.0 Å². The lowest BCUT2D eigenvalue weighted by Crippen LogP contribution is -2.51. The number of fused-ring (bicyclic) bond motifs is 1. The minimum Gasteiger partial charge on any atom is -0.368 e. The van der Waals surface area contributed by atoms with Crippen molar-refractivity contribution in [1.82, 2.24) is 9.21 Å². The van der Waals surface area contributed by atoms with Crippen molar-refractivity contribution in [2.75, 3.05) is 43.0 Å². The molecule has 0 spiro atoms. The van der Waals surface area contributed by atoms with E-state index in [1.54, 1.807) is 12.1 Å². The van der Waals surface area contributed by atoms with Gasteiger partial charge in [-0.25, -0.2) is 17.5 Å². The first-order chi connectivity index (χ1) is 17.2. The molecule has 188 valence electrons. The van der Waals surface area contributed by atoms with Gasteiger partial charge < -0.3 is 9.80 Å². The average Bonchev–Trinajstić information content (AvgIpc) is 2.86. The molecule has 1 fully saturated rings. The molecular weight excluding hydrogens is 496 g/mol. The molecule has 0 bridgehead atoms. The number of rotatable bonds is 5. The second-order valence-corrected chi connectivity index (χ2v) is 11.7. The number of carbonyl (C=O) groups is 1. The molecule has 36 heavy (non-hydrogen) atoms. The number of carbonyl (C=O) groups excluding carboxylic acids is 1. The normalized spacial score (nSPS) is 17.9. The van der Waals surface area contributed by atoms with Gasteiger partial charge in [-0.2, -0.15) is 0 Å². The predicted octanol–water partition coefficient (Wildman–Crippen LogP) is 4.73. The highest BCUT2D eigenvalue weighted by Gasteiger charge is 2.44. The topological polar surface area (TPSA) is 64.2 Å². The van der Waals surface area contributed by atoms with E-state index in [1.165, 1.54) is 4.90 Å². The number of piperazine rings is 1. The van der Waals surface area contributed by atoms with Crippen molar-refractivity contribution in [3.05, 3.63) is 88.4 Å². The van der Waals surface area contributed by atoms with Crippen molar-refractivity contribution >= 4 is 39.0 Å². The monoisotopic (exact) mass is 524 g/mol. The van der Waals surface area contributed by atoms with Crippen molar-refractivity contribution < 1.29 is 13.2 Å². The largest absolute Gasteiger partial charge is 0.368 e. The second kappa shape index (κ2) is 9.76. The molecule has 0 aliphatic carbocycles. The molecular formula is C27H29ClN4O3S. The van der Waals surface area contributed by atoms with Crippen LogP contribution in [0.2, 0.25) is 5.02 Å². The zero-order valence-electron chi connectivity index (χ0n) is 20.4. The highest BCUT2D eigenvalue weighted by Crippen LogP contribution is 2.44. The number of hydrogen-bond acceptors (Lipinski definition) is 5. The molecule has 5 rings (SSSR count). The smallest absolute Gasteiger partial charge is 0.339 e. The van der Waals surface area contributed by atoms with Crippen molar-refractivity contribution in [3.63, 3.8) is 0 Å². The Hall–Kier alpha value is -3.07. The van der Waals surface area contributed by atoms with Gasteiger partial charge in [0, 0.05) is 31.2 Å². The van der Waals surface area contributed by atoms with Gasteiger partial charge in [-0.05, 0) is 37.2 Å². The maximum Gasteiger partial charge on any atom is 0.339 e. The fourth-order valence-electron chi connectivity index (χ4n) is 4.69. The standard InChI is InChI=1S/C27H29ClN4O3S/c1-20-8-10-22(11-9-20)19-32-27(33)31(18-21-6-4-3-5-7-21)25-17-23(28)16-24(26(25)36(32,34)35)30-14-12-29(2)13-15-30/h3-11,16-17H,12-15,18-19H2,1-2H3. The van der Waals surface area contributed by atoms with E-state index in [9.17, 15) is 13.2 Å². The Labute approximate surface area is 217 Å². The molecule has 2 aliphatic heterocycles. The van der Waals surface area contributed by atoms with Crippen LogP contribution >= 0.6 is 11.6 Å². The fraction of sp³-hybridized carbons (Fsp3) is 0.296. The quantitative estimate of drug-likeness (QED) is 0.483. The molecule has 0 saturated carbocycles. The van der Waals surface area contributed by atoms with Gasteiger partial charge in [-0.15, -0.1) is 0 Å². The summed E-state index contributed by atoms with van der Waals surface area (Å²) in [6.07, 6.45) is 0. The number of aryl methyl sites for hydroxylation is 1. The van der Waals surface area contributed by atoms with Crippen LogP contribution in [0.1, 0.15) is 16.7 Å². The summed E-state index contributed by atoms with van der Waals surface area (Å²) in [6.45, 7) is 5.11. The summed E-state index contributed by atoms with van der Waals surface area (Å²) in [4.78, 5) is 19.8. The van der Waals surface area contributed by atoms with Gasteiger partial charge in [-0.1, -0.05) is 71.8 Å². The lowest BCUT2D eigenvalue weighted by Gasteiger charge is -2.40. The number of sulfonamides is 1. The SMILES string of the molecule is Cc1ccc(CN2C(=O)N(Cc3ccccc3)c3cc(Cl)cc(N4CCN(C)CC4)c3S2(=O)=O)cc1. The molecule has 0 atom stereocenters. The predicted molar refractivity (Wildman–Crippen MR) is 143 cm³/mol. The molecule has 2 heterocycles. The third kappa shape index (κ3) is 4.68. The molecule has 2 amide bonds. The summed E-state index contributed by atoms with van der Waals surface area (Å²) >= 11 is 6.54. The number of likely N-dealkylation sites (N-methyl/N-ethyl adjacent to an activating group) is 1. The van der Waals surface area contributed by atoms with Gasteiger partial charge in [-0.3, -0.25) is 4.90 Å². The van der Waals surface area contributed by atoms with Crippen LogP contribution < -0.4 is 9.80 Å². The molecule has 3 aromatic carbocycles. The van der Waals surface area contributed by atoms with Gasteiger partial charge in [0.25, 0.3) is 10.0 Å². The number of amides is 2. The van der Waals surface area contributed by atoms with E-state index in [1.807, 2.05) is 68.6 Å². The fourth-order valence-corrected chi connectivity index (χ4v) is 6.63. The van der Waals surface area contributed by atoms with Gasteiger partial charge in [0.05, 0.1) is 24.5 Å². The van der Waals surface area contributed by atoms with E-state index in [0.717, 1.165) is 34.1 Å². The summed E-state index contributed by atoms with van der Waals surface area (Å²) in [6, 6.07) is 19.8. The van der Waals surface area contributed by atoms with Gasteiger partial charge >= 0.3 is 6.03 Å². The van der Waals surface area contributed by atoms with E-state index in [4.69, 9.17) is 11.6 Å². The maximum atomic E-state index is 14.1. The van der Waals surface area contributed by atoms with Crippen LogP contribution in [-0.2, 0) is 23.1 Å². The minimum absolute atomic E-state index is 0.0447. The summed E-state index contributed by atoms with van der Waals surface area (Å²) in [5.74, 6) is 0. The van der Waals surface area contributed by atoms with E-state index < -0.39 is 16.1 Å². The summed E-state index contributed by atoms with van der Waals surface area (Å²) in [5.41, 5.74) is 3.58. The zero-order chi connectivity index (χ0) is 25.4. The maximum absolute atomic E-state index is 14.1. The molecule has 0 radical (unpaired) electrons. The Kier molecular flexibility index (Phi) is 6.68. The lowest BCUT2D eigenvalue weighted by atomic mass is 10.1. The first-order valence-corrected chi connectivity index (χ1v) is 13.8. The molecule has 0 aromatic heterocycles. The number of halogens is 1. The van der Waals surface area contributed by atoms with Crippen LogP contribution in [0.15, 0.2) is 71.6 Å². The zero-order valence-corrected chi connectivity index (χ0v) is 22.0. The summed E-state index contributed by atoms with van der Waals surface area (Å²) in [5, 5.41) is 0.399. The van der Waals surface area contributed by atoms with Gasteiger partial charge in [0.15, 0.2) is 0 Å². The Bertz CT molecular complexity index is 1370. The highest BCUT2D eigenvalue weighted by atomic mass is 35.5. The minimum atomic E-state index is -4.15. The van der Waals surface area contributed by atoms with Crippen molar-refractivity contribution in [2.24, 2.45) is 0 Å². The second-order valence-electron chi connectivity index (χ2n) is 9.42. The summed E-state index contributed by atoms with van der Waals surface area (Å²) < 4.78 is 29.2. The third-order valence-corrected chi connectivity index (χ3v) is 8.79. The number of urea groups is 1. The number of nitrogens with zero attached hydrogens (tertiary/aromatic N) is 4. The Morgan fingerprint density at radius 2 is 1.44 bits per heavy atom. The molecule has 2 aliphatic rings. The molecule has 1 saturated heterocycles. The Morgan fingerprint density at radius 1 is 0.833 bits per heavy atom. The Morgan fingerprint density at radius 3 is 2.11 bits per heavy atom. The van der Waals surface area contributed by atoms with Crippen LogP contribution in [0.25, 0.3) is 0 Å². The van der Waals surface area contributed by atoms with E-state index in [2.05, 4.69) is 9.80 Å². The van der Waals surface area contributed by atoms with Crippen molar-refractivity contribution in [1.29, 1.82) is 0 Å². The van der Waals surface area contributed by atoms with Crippen LogP contribution in [0.5, 0.6) is 0 Å². The lowest BCUT2D eigenvalue weighted by molar-refractivity contribution is 0.226. The summed E-state index contributed by atoms with van der Waals surface area (Å²) in [7, 11) is -2.10. The first-order valence-electron chi connectivity index (χ1n) is 11.9. The van der Waals surface area contributed by atoms with Crippen molar-refractivity contribution in [3.8, 4) is 0 Å². The molecule has 7 nitrogen and oxygen atoms in total. The van der Waals surface area contributed by atoms with Gasteiger partial charge in [0.1, 0.15) is 4.90 Å². The highest BCUT2D eigenvalue weighted by molar-refractivity contribution is 7.90. The first kappa shape index (κ1) is 24.6. The van der Waals surface area contributed by atoms with E-state index in [0.29, 0.717) is 29.5 Å². The van der Waals surface area contributed by atoms with Gasteiger partial charge in [0.2, 0.25) is 0 Å². The molecule has 9 heteroatoms. The van der Waals surface area contributed by atoms with Crippen molar-refractivity contribution in [2.45, 2.75) is 24.9 Å². The number of benzene rings is 3. The van der Waals surface area contributed by atoms with Crippen LogP contribution in [-0.4, -0.2) is 56.9 Å². The molecule has 0 N–H and O–H groups in total. The third-order valence-electron chi connectivity index (χ3n) is 6.77. The molecule has 3 aromatic rings. The number of hydrogen-bond donors (Lipinski definition) is 0. The van der Waals surface area contributed by atoms with Crippen LogP contribution in [0.4, 0.5) is 16.2 Å². The average molecular weight is 525 g/mol. The number of anilines is 2. The molecule has 0 unspecified atom stereocenters. The van der Waals surface area contributed by atoms with Crippen LogP contribution in [0.3, 0.4) is 0 Å². The van der Waals surface area contributed by atoms with E-state index >= 15 is 0 Å².